The van der Waals surface area contributed by atoms with Gasteiger partial charge >= 0.3 is 0 Å². The van der Waals surface area contributed by atoms with Crippen LogP contribution in [-0.4, -0.2) is 54.9 Å². The molecule has 14 heavy (non-hydrogen) atoms. The van der Waals surface area contributed by atoms with Gasteiger partial charge in [-0.25, -0.2) is 0 Å². The Kier molecular flexibility index (Phi) is 5.04. The Morgan fingerprint density at radius 1 is 1.64 bits per heavy atom. The number of ether oxygens (including phenoxy) is 1. The molecule has 1 amide bonds. The Morgan fingerprint density at radius 2 is 2.14 bits per heavy atom. The number of carbonyl (C=O) groups excluding carboxylic acids is 1. The lowest BCUT2D eigenvalue weighted by Gasteiger charge is -2.35. The highest BCUT2D eigenvalue weighted by molar-refractivity contribution is 5.81. The molecular weight excluding hydrogens is 184 g/mol. The van der Waals surface area contributed by atoms with Crippen LogP contribution in [0.25, 0.3) is 0 Å². The van der Waals surface area contributed by atoms with Gasteiger partial charge in [-0.15, -0.1) is 0 Å². The zero-order valence-electron chi connectivity index (χ0n) is 9.28. The van der Waals surface area contributed by atoms with E-state index in [1.165, 1.54) is 12.0 Å². The van der Waals surface area contributed by atoms with Crippen LogP contribution in [0.3, 0.4) is 0 Å². The standard InChI is InChI=1S/C9H20N2O3/c1-9(2,6-12)11(3)8(13)7(5-10)14-4/h7,12H,5-6,10H2,1-4H3. The van der Waals surface area contributed by atoms with Crippen molar-refractivity contribution in [3.8, 4) is 0 Å². The molecule has 0 fully saturated rings. The van der Waals surface area contributed by atoms with Crippen molar-refractivity contribution in [3.05, 3.63) is 0 Å². The van der Waals surface area contributed by atoms with E-state index in [-0.39, 0.29) is 19.1 Å². The van der Waals surface area contributed by atoms with Crippen LogP contribution >= 0.6 is 0 Å². The topological polar surface area (TPSA) is 75.8 Å². The number of aliphatic hydroxyl groups excluding tert-OH is 1. The second-order valence-electron chi connectivity index (χ2n) is 3.83. The number of amides is 1. The SMILES string of the molecule is COC(CN)C(=O)N(C)C(C)(C)CO. The maximum absolute atomic E-state index is 11.7. The molecule has 3 N–H and O–H groups in total. The predicted molar refractivity (Wildman–Crippen MR) is 53.8 cm³/mol. The maximum atomic E-state index is 11.7. The molecule has 0 bridgehead atoms. The normalized spacial score (nSPS) is 13.9. The van der Waals surface area contributed by atoms with Gasteiger partial charge in [-0.05, 0) is 13.8 Å². The van der Waals surface area contributed by atoms with Gasteiger partial charge in [-0.2, -0.15) is 0 Å². The summed E-state index contributed by atoms with van der Waals surface area (Å²) in [6.07, 6.45) is -0.633. The van der Waals surface area contributed by atoms with Crippen LogP contribution in [0.4, 0.5) is 0 Å². The van der Waals surface area contributed by atoms with Crippen molar-refractivity contribution in [1.29, 1.82) is 0 Å². The van der Waals surface area contributed by atoms with Crippen molar-refractivity contribution >= 4 is 5.91 Å². The summed E-state index contributed by atoms with van der Waals surface area (Å²) in [6.45, 7) is 3.58. The van der Waals surface area contributed by atoms with Gasteiger partial charge < -0.3 is 20.5 Å². The first-order valence-corrected chi connectivity index (χ1v) is 4.52. The molecule has 0 radical (unpaired) electrons. The molecule has 5 nitrogen and oxygen atoms in total. The van der Waals surface area contributed by atoms with Crippen molar-refractivity contribution in [2.45, 2.75) is 25.5 Å². The highest BCUT2D eigenvalue weighted by Crippen LogP contribution is 2.12. The van der Waals surface area contributed by atoms with E-state index in [0.29, 0.717) is 0 Å². The van der Waals surface area contributed by atoms with E-state index in [4.69, 9.17) is 15.6 Å². The van der Waals surface area contributed by atoms with Gasteiger partial charge in [0.05, 0.1) is 12.1 Å². The van der Waals surface area contributed by atoms with Gasteiger partial charge in [0.2, 0.25) is 0 Å². The molecule has 1 unspecified atom stereocenters. The number of nitrogens with zero attached hydrogens (tertiary/aromatic N) is 1. The minimum absolute atomic E-state index is 0.101. The first-order valence-electron chi connectivity index (χ1n) is 4.52. The fourth-order valence-electron chi connectivity index (χ4n) is 0.918. The van der Waals surface area contributed by atoms with Gasteiger partial charge in [0.25, 0.3) is 5.91 Å². The summed E-state index contributed by atoms with van der Waals surface area (Å²) in [5.74, 6) is -0.214. The third-order valence-electron chi connectivity index (χ3n) is 2.40. The molecule has 0 rings (SSSR count). The molecule has 84 valence electrons. The minimum atomic E-state index is -0.633. The molecule has 5 heteroatoms. The average Bonchev–Trinajstić information content (AvgIpc) is 2.18. The number of hydrogen-bond donors (Lipinski definition) is 2. The van der Waals surface area contributed by atoms with E-state index in [0.717, 1.165) is 0 Å². The molecule has 0 aliphatic rings. The largest absolute Gasteiger partial charge is 0.394 e. The van der Waals surface area contributed by atoms with Crippen LogP contribution in [-0.2, 0) is 9.53 Å². The van der Waals surface area contributed by atoms with Gasteiger partial charge in [0.15, 0.2) is 0 Å². The molecule has 0 aromatic rings. The predicted octanol–water partition coefficient (Wildman–Crippen LogP) is -0.811. The molecule has 0 saturated heterocycles. The zero-order chi connectivity index (χ0) is 11.4. The lowest BCUT2D eigenvalue weighted by molar-refractivity contribution is -0.146. The van der Waals surface area contributed by atoms with E-state index in [2.05, 4.69) is 0 Å². The average molecular weight is 204 g/mol. The highest BCUT2D eigenvalue weighted by Gasteiger charge is 2.30. The number of aliphatic hydroxyl groups is 1. The summed E-state index contributed by atoms with van der Waals surface area (Å²) in [5, 5.41) is 9.07. The third kappa shape index (κ3) is 2.94. The van der Waals surface area contributed by atoms with Gasteiger partial charge in [-0.1, -0.05) is 0 Å². The smallest absolute Gasteiger partial charge is 0.253 e. The van der Waals surface area contributed by atoms with Gasteiger partial charge in [0.1, 0.15) is 6.10 Å². The summed E-state index contributed by atoms with van der Waals surface area (Å²) in [6, 6.07) is 0. The molecule has 0 aromatic carbocycles. The Labute approximate surface area is 84.8 Å². The van der Waals surface area contributed by atoms with Gasteiger partial charge in [0, 0.05) is 20.7 Å². The van der Waals surface area contributed by atoms with Crippen LogP contribution in [0.5, 0.6) is 0 Å². The van der Waals surface area contributed by atoms with Crippen LogP contribution in [0.1, 0.15) is 13.8 Å². The van der Waals surface area contributed by atoms with E-state index >= 15 is 0 Å². The first-order chi connectivity index (χ1) is 6.40. The summed E-state index contributed by atoms with van der Waals surface area (Å²) in [5.41, 5.74) is 4.78. The fourth-order valence-corrected chi connectivity index (χ4v) is 0.918. The van der Waals surface area contributed by atoms with Crippen molar-refractivity contribution in [1.82, 2.24) is 4.90 Å². The Morgan fingerprint density at radius 3 is 2.43 bits per heavy atom. The Bertz CT molecular complexity index is 190. The maximum Gasteiger partial charge on any atom is 0.253 e. The molecule has 0 aliphatic heterocycles. The second-order valence-corrected chi connectivity index (χ2v) is 3.83. The molecule has 0 spiro atoms. The molecule has 0 aromatic heterocycles. The number of nitrogens with two attached hydrogens (primary N) is 1. The molecule has 0 heterocycles. The molecule has 1 atom stereocenters. The summed E-state index contributed by atoms with van der Waals surface area (Å²) in [4.78, 5) is 13.2. The van der Waals surface area contributed by atoms with Crippen LogP contribution < -0.4 is 5.73 Å². The number of rotatable bonds is 5. The minimum Gasteiger partial charge on any atom is -0.394 e. The molecule has 0 aliphatic carbocycles. The van der Waals surface area contributed by atoms with E-state index < -0.39 is 11.6 Å². The Balaban J connectivity index is 4.52. The summed E-state index contributed by atoms with van der Waals surface area (Å²) < 4.78 is 4.92. The third-order valence-corrected chi connectivity index (χ3v) is 2.40. The van der Waals surface area contributed by atoms with E-state index in [1.54, 1.807) is 20.9 Å². The van der Waals surface area contributed by atoms with Crippen molar-refractivity contribution in [2.75, 3.05) is 27.3 Å². The van der Waals surface area contributed by atoms with Crippen LogP contribution in [0, 0.1) is 0 Å². The summed E-state index contributed by atoms with van der Waals surface area (Å²) >= 11 is 0. The number of likely N-dealkylation sites (N-methyl/N-ethyl adjacent to an activating group) is 1. The van der Waals surface area contributed by atoms with E-state index in [9.17, 15) is 4.79 Å². The van der Waals surface area contributed by atoms with Crippen LogP contribution in [0.15, 0.2) is 0 Å². The van der Waals surface area contributed by atoms with Gasteiger partial charge in [-0.3, -0.25) is 4.79 Å². The molecular formula is C9H20N2O3. The lowest BCUT2D eigenvalue weighted by Crippen LogP contribution is -2.53. The lowest BCUT2D eigenvalue weighted by atomic mass is 10.0. The Hall–Kier alpha value is -0.650. The molecule has 0 saturated carbocycles. The van der Waals surface area contributed by atoms with Crippen molar-refractivity contribution in [2.24, 2.45) is 5.73 Å². The van der Waals surface area contributed by atoms with Crippen molar-refractivity contribution in [3.63, 3.8) is 0 Å². The second kappa shape index (κ2) is 5.29. The summed E-state index contributed by atoms with van der Waals surface area (Å²) in [7, 11) is 3.06. The number of carbonyl (C=O) groups is 1. The highest BCUT2D eigenvalue weighted by atomic mass is 16.5. The first kappa shape index (κ1) is 13.4. The van der Waals surface area contributed by atoms with Crippen molar-refractivity contribution < 1.29 is 14.6 Å². The van der Waals surface area contributed by atoms with Crippen LogP contribution in [0.2, 0.25) is 0 Å². The number of methoxy groups -OCH3 is 1. The fraction of sp³-hybridized carbons (Fsp3) is 0.889. The van der Waals surface area contributed by atoms with E-state index in [1.807, 2.05) is 0 Å². The quantitative estimate of drug-likeness (QED) is 0.614. The monoisotopic (exact) mass is 204 g/mol. The zero-order valence-corrected chi connectivity index (χ0v) is 9.28. The number of hydrogen-bond acceptors (Lipinski definition) is 4.